The number of hydrogen-bond donors (Lipinski definition) is 1. The molecule has 1 N–H and O–H groups in total. The maximum Gasteiger partial charge on any atom is 0.140 e. The highest BCUT2D eigenvalue weighted by molar-refractivity contribution is 4.97. The Labute approximate surface area is 83.8 Å². The van der Waals surface area contributed by atoms with Gasteiger partial charge in [0.25, 0.3) is 0 Å². The molecule has 2 rings (SSSR count). The Morgan fingerprint density at radius 3 is 2.64 bits per heavy atom. The Bertz CT molecular complexity index is 208. The number of rotatable bonds is 4. The highest BCUT2D eigenvalue weighted by Crippen LogP contribution is 2.46. The van der Waals surface area contributed by atoms with Crippen molar-refractivity contribution in [1.82, 2.24) is 4.90 Å². The van der Waals surface area contributed by atoms with E-state index in [0.29, 0.717) is 13.1 Å². The molecule has 1 saturated heterocycles. The number of ether oxygens (including phenoxy) is 1. The molecule has 0 aromatic carbocycles. The van der Waals surface area contributed by atoms with E-state index in [1.54, 1.807) is 7.11 Å². The van der Waals surface area contributed by atoms with Crippen molar-refractivity contribution in [2.75, 3.05) is 33.4 Å². The average Bonchev–Trinajstić information content (AvgIpc) is 2.85. The summed E-state index contributed by atoms with van der Waals surface area (Å²) in [6.45, 7) is 2.18. The van der Waals surface area contributed by atoms with E-state index < -0.39 is 6.17 Å². The molecular weight excluding hydrogens is 185 g/mol. The van der Waals surface area contributed by atoms with Crippen molar-refractivity contribution in [3.8, 4) is 0 Å². The maximum absolute atomic E-state index is 13.3. The number of nitrogens with zero attached hydrogens (tertiary/aromatic N) is 1. The molecule has 1 aliphatic heterocycles. The maximum atomic E-state index is 13.3. The van der Waals surface area contributed by atoms with Crippen LogP contribution >= 0.6 is 0 Å². The molecule has 2 fully saturated rings. The second kappa shape index (κ2) is 3.76. The normalized spacial score (nSPS) is 36.2. The van der Waals surface area contributed by atoms with E-state index in [4.69, 9.17) is 9.84 Å². The number of aliphatic hydroxyl groups is 1. The van der Waals surface area contributed by atoms with Gasteiger partial charge in [-0.1, -0.05) is 0 Å². The van der Waals surface area contributed by atoms with Crippen molar-refractivity contribution in [1.29, 1.82) is 0 Å². The van der Waals surface area contributed by atoms with Crippen molar-refractivity contribution in [2.45, 2.75) is 25.1 Å². The van der Waals surface area contributed by atoms with E-state index in [0.717, 1.165) is 19.4 Å². The van der Waals surface area contributed by atoms with Crippen LogP contribution in [0.1, 0.15) is 12.8 Å². The van der Waals surface area contributed by atoms with Crippen LogP contribution in [0, 0.1) is 5.41 Å². The lowest BCUT2D eigenvalue weighted by Gasteiger charge is -2.20. The molecule has 0 radical (unpaired) electrons. The minimum absolute atomic E-state index is 0.0857. The highest BCUT2D eigenvalue weighted by Gasteiger charge is 2.45. The predicted octanol–water partition coefficient (Wildman–Crippen LogP) is 0.428. The third-order valence-electron chi connectivity index (χ3n) is 3.43. The van der Waals surface area contributed by atoms with Gasteiger partial charge >= 0.3 is 0 Å². The van der Waals surface area contributed by atoms with Crippen molar-refractivity contribution < 1.29 is 14.2 Å². The molecule has 1 heterocycles. The second-order valence-corrected chi connectivity index (χ2v) is 4.64. The van der Waals surface area contributed by atoms with Gasteiger partial charge in [-0.3, -0.25) is 4.90 Å². The lowest BCUT2D eigenvalue weighted by atomic mass is 10.1. The van der Waals surface area contributed by atoms with Crippen LogP contribution in [0.15, 0.2) is 0 Å². The van der Waals surface area contributed by atoms with Gasteiger partial charge in [0.1, 0.15) is 12.3 Å². The van der Waals surface area contributed by atoms with Crippen LogP contribution in [0.4, 0.5) is 4.39 Å². The van der Waals surface area contributed by atoms with Crippen LogP contribution in [0.3, 0.4) is 0 Å². The van der Waals surface area contributed by atoms with Crippen molar-refractivity contribution in [2.24, 2.45) is 5.41 Å². The monoisotopic (exact) mass is 203 g/mol. The van der Waals surface area contributed by atoms with Crippen LogP contribution < -0.4 is 0 Å². The third-order valence-corrected chi connectivity index (χ3v) is 3.43. The van der Waals surface area contributed by atoms with Gasteiger partial charge in [-0.05, 0) is 12.8 Å². The first-order valence-corrected chi connectivity index (χ1v) is 5.19. The van der Waals surface area contributed by atoms with E-state index in [1.165, 1.54) is 0 Å². The Morgan fingerprint density at radius 1 is 1.50 bits per heavy atom. The highest BCUT2D eigenvalue weighted by atomic mass is 19.1. The number of aliphatic hydroxyl groups excluding tert-OH is 1. The predicted molar refractivity (Wildman–Crippen MR) is 50.9 cm³/mol. The minimum atomic E-state index is -0.866. The van der Waals surface area contributed by atoms with E-state index >= 15 is 0 Å². The summed E-state index contributed by atoms with van der Waals surface area (Å²) in [7, 11) is 1.56. The minimum Gasteiger partial charge on any atom is -0.396 e. The summed E-state index contributed by atoms with van der Waals surface area (Å²) in [5.74, 6) is 0. The number of methoxy groups -OCH3 is 1. The molecule has 0 spiro atoms. The Kier molecular flexibility index (Phi) is 2.77. The van der Waals surface area contributed by atoms with Crippen LogP contribution in [-0.4, -0.2) is 55.6 Å². The zero-order chi connectivity index (χ0) is 10.2. The van der Waals surface area contributed by atoms with Crippen LogP contribution in [0.2, 0.25) is 0 Å². The van der Waals surface area contributed by atoms with Gasteiger partial charge in [-0.25, -0.2) is 4.39 Å². The Hall–Kier alpha value is -0.190. The molecule has 2 atom stereocenters. The topological polar surface area (TPSA) is 32.7 Å². The molecular formula is C10H18FNO2. The smallest absolute Gasteiger partial charge is 0.140 e. The lowest BCUT2D eigenvalue weighted by molar-refractivity contribution is 0.0611. The van der Waals surface area contributed by atoms with Crippen molar-refractivity contribution in [3.05, 3.63) is 0 Å². The summed E-state index contributed by atoms with van der Waals surface area (Å²) >= 11 is 0. The molecule has 0 bridgehead atoms. The molecule has 0 aromatic heterocycles. The van der Waals surface area contributed by atoms with Gasteiger partial charge in [-0.15, -0.1) is 0 Å². The van der Waals surface area contributed by atoms with Crippen LogP contribution in [0.5, 0.6) is 0 Å². The number of alkyl halides is 1. The first-order valence-electron chi connectivity index (χ1n) is 5.19. The molecule has 2 unspecified atom stereocenters. The van der Waals surface area contributed by atoms with E-state index in [2.05, 4.69) is 4.90 Å². The lowest BCUT2D eigenvalue weighted by Crippen LogP contribution is -2.31. The van der Waals surface area contributed by atoms with E-state index in [-0.39, 0.29) is 18.1 Å². The summed E-state index contributed by atoms with van der Waals surface area (Å²) in [6, 6.07) is 0. The van der Waals surface area contributed by atoms with E-state index in [1.807, 2.05) is 0 Å². The Balaban J connectivity index is 1.83. The quantitative estimate of drug-likeness (QED) is 0.719. The fraction of sp³-hybridized carbons (Fsp3) is 1.00. The van der Waals surface area contributed by atoms with E-state index in [9.17, 15) is 4.39 Å². The van der Waals surface area contributed by atoms with Gasteiger partial charge in [0.05, 0.1) is 0 Å². The van der Waals surface area contributed by atoms with Gasteiger partial charge in [0, 0.05) is 38.8 Å². The fourth-order valence-corrected chi connectivity index (χ4v) is 2.18. The first-order chi connectivity index (χ1) is 6.69. The molecule has 3 nitrogen and oxygen atoms in total. The standard InChI is InChI=1S/C10H18FNO2/c1-14-9-5-12(4-8(9)11)6-10(7-13)2-3-10/h8-9,13H,2-7H2,1H3. The van der Waals surface area contributed by atoms with Crippen LogP contribution in [0.25, 0.3) is 0 Å². The first kappa shape index (κ1) is 10.3. The molecule has 1 aliphatic carbocycles. The van der Waals surface area contributed by atoms with Crippen molar-refractivity contribution >= 4 is 0 Å². The molecule has 2 aliphatic rings. The number of likely N-dealkylation sites (tertiary alicyclic amines) is 1. The second-order valence-electron chi connectivity index (χ2n) is 4.64. The van der Waals surface area contributed by atoms with Gasteiger partial charge in [-0.2, -0.15) is 0 Å². The zero-order valence-electron chi connectivity index (χ0n) is 8.58. The third kappa shape index (κ3) is 1.92. The summed E-state index contributed by atoms with van der Waals surface area (Å²) < 4.78 is 18.4. The van der Waals surface area contributed by atoms with Gasteiger partial charge in [0.2, 0.25) is 0 Å². The van der Waals surface area contributed by atoms with Crippen LogP contribution in [-0.2, 0) is 4.74 Å². The SMILES string of the molecule is COC1CN(CC2(CO)CC2)CC1F. The molecule has 4 heteroatoms. The largest absolute Gasteiger partial charge is 0.396 e. The summed E-state index contributed by atoms with van der Waals surface area (Å²) in [5.41, 5.74) is 0.0857. The molecule has 0 amide bonds. The summed E-state index contributed by atoms with van der Waals surface area (Å²) in [5, 5.41) is 9.15. The van der Waals surface area contributed by atoms with Crippen molar-refractivity contribution in [3.63, 3.8) is 0 Å². The summed E-state index contributed by atoms with van der Waals surface area (Å²) in [4.78, 5) is 2.07. The van der Waals surface area contributed by atoms with Gasteiger partial charge in [0.15, 0.2) is 0 Å². The van der Waals surface area contributed by atoms with Gasteiger partial charge < -0.3 is 9.84 Å². The Morgan fingerprint density at radius 2 is 2.21 bits per heavy atom. The zero-order valence-corrected chi connectivity index (χ0v) is 8.58. The fourth-order valence-electron chi connectivity index (χ4n) is 2.18. The molecule has 82 valence electrons. The number of halogens is 1. The molecule has 0 aromatic rings. The average molecular weight is 203 g/mol. The molecule has 14 heavy (non-hydrogen) atoms. The molecule has 1 saturated carbocycles. The number of hydrogen-bond acceptors (Lipinski definition) is 3. The summed E-state index contributed by atoms with van der Waals surface area (Å²) in [6.07, 6.45) is 1.02.